The third kappa shape index (κ3) is 1.38. The van der Waals surface area contributed by atoms with Crippen LogP contribution in [0.5, 0.6) is 11.5 Å². The summed E-state index contributed by atoms with van der Waals surface area (Å²) in [5.74, 6) is 1.23. The van der Waals surface area contributed by atoms with E-state index in [1.807, 2.05) is 6.07 Å². The highest BCUT2D eigenvalue weighted by Gasteiger charge is 2.70. The number of likely N-dealkylation sites (N-methyl/N-ethyl adjacent to an activating group) is 1. The van der Waals surface area contributed by atoms with Crippen LogP contribution >= 0.6 is 0 Å². The molecule has 4 atom stereocenters. The molecule has 0 amide bonds. The van der Waals surface area contributed by atoms with Gasteiger partial charge in [-0.3, -0.25) is 9.69 Å². The molecule has 1 saturated heterocycles. The normalized spacial score (nSPS) is 39.2. The van der Waals surface area contributed by atoms with Crippen LogP contribution in [0, 0.1) is 0 Å². The van der Waals surface area contributed by atoms with E-state index in [9.17, 15) is 9.90 Å². The van der Waals surface area contributed by atoms with Crippen molar-refractivity contribution in [3.8, 4) is 11.5 Å². The van der Waals surface area contributed by atoms with Crippen molar-refractivity contribution in [3.63, 3.8) is 0 Å². The van der Waals surface area contributed by atoms with Crippen molar-refractivity contribution in [2.24, 2.45) is 0 Å². The van der Waals surface area contributed by atoms with Crippen molar-refractivity contribution >= 4 is 5.78 Å². The van der Waals surface area contributed by atoms with Crippen molar-refractivity contribution in [2.75, 3.05) is 20.7 Å². The van der Waals surface area contributed by atoms with E-state index < -0.39 is 17.1 Å². The molecule has 0 saturated carbocycles. The van der Waals surface area contributed by atoms with Gasteiger partial charge in [-0.15, -0.1) is 0 Å². The maximum atomic E-state index is 12.7. The molecular weight excluding hydrogens is 306 g/mol. The van der Waals surface area contributed by atoms with Gasteiger partial charge in [-0.25, -0.2) is 0 Å². The predicted molar refractivity (Wildman–Crippen MR) is 87.5 cm³/mol. The minimum absolute atomic E-state index is 0.0534. The van der Waals surface area contributed by atoms with E-state index in [-0.39, 0.29) is 11.8 Å². The summed E-state index contributed by atoms with van der Waals surface area (Å²) in [6.07, 6.45) is 4.99. The molecule has 2 aliphatic heterocycles. The van der Waals surface area contributed by atoms with Gasteiger partial charge in [0.25, 0.3) is 0 Å². The lowest BCUT2D eigenvalue weighted by atomic mass is 9.53. The molecule has 4 aliphatic rings. The van der Waals surface area contributed by atoms with Gasteiger partial charge < -0.3 is 14.6 Å². The molecule has 2 bridgehead atoms. The van der Waals surface area contributed by atoms with Crippen LogP contribution in [0.3, 0.4) is 0 Å². The van der Waals surface area contributed by atoms with Crippen molar-refractivity contribution in [1.29, 1.82) is 0 Å². The molecular formula is C19H21NO4. The number of hydrogen-bond donors (Lipinski definition) is 1. The molecule has 126 valence electrons. The summed E-state index contributed by atoms with van der Waals surface area (Å²) >= 11 is 0. The summed E-state index contributed by atoms with van der Waals surface area (Å²) in [6.45, 7) is 0.907. The maximum Gasteiger partial charge on any atom is 0.196 e. The Bertz CT molecular complexity index is 788. The zero-order valence-electron chi connectivity index (χ0n) is 13.9. The lowest BCUT2D eigenvalue weighted by molar-refractivity contribution is -0.137. The van der Waals surface area contributed by atoms with E-state index in [4.69, 9.17) is 9.47 Å². The van der Waals surface area contributed by atoms with E-state index in [0.717, 1.165) is 31.4 Å². The average molecular weight is 327 g/mol. The van der Waals surface area contributed by atoms with Crippen LogP contribution in [0.1, 0.15) is 24.0 Å². The van der Waals surface area contributed by atoms with Crippen LogP contribution in [0.25, 0.3) is 0 Å². The minimum atomic E-state index is -1.10. The summed E-state index contributed by atoms with van der Waals surface area (Å²) in [5, 5.41) is 11.8. The van der Waals surface area contributed by atoms with E-state index in [1.165, 1.54) is 11.6 Å². The van der Waals surface area contributed by atoms with E-state index in [0.29, 0.717) is 11.5 Å². The number of nitrogens with zero attached hydrogens (tertiary/aromatic N) is 1. The van der Waals surface area contributed by atoms with Gasteiger partial charge in [0.15, 0.2) is 23.4 Å². The quantitative estimate of drug-likeness (QED) is 0.840. The van der Waals surface area contributed by atoms with Crippen molar-refractivity contribution in [3.05, 3.63) is 35.4 Å². The van der Waals surface area contributed by atoms with Gasteiger partial charge in [-0.05, 0) is 56.6 Å². The number of rotatable bonds is 1. The second-order valence-electron chi connectivity index (χ2n) is 7.47. The van der Waals surface area contributed by atoms with Crippen molar-refractivity contribution < 1.29 is 19.4 Å². The number of ether oxygens (including phenoxy) is 2. The third-order valence-electron chi connectivity index (χ3n) is 6.57. The molecule has 2 aliphatic carbocycles. The summed E-state index contributed by atoms with van der Waals surface area (Å²) in [4.78, 5) is 14.9. The summed E-state index contributed by atoms with van der Waals surface area (Å²) in [6, 6.07) is 3.93. The number of likely N-dealkylation sites (tertiary alicyclic amines) is 1. The topological polar surface area (TPSA) is 59.0 Å². The average Bonchev–Trinajstić information content (AvgIpc) is 2.91. The standard InChI is InChI=1S/C19H21NO4/c1-20-9-3-7-18-15-11-4-5-13(23-2)16(15)24-17(18)12(21)6-8-19(18,22)14(20)10-11/h4-6,8,14,17,22H,3,7,9-10H2,1-2H3/t14-,17?,18+,19?/m1/s1. The number of benzene rings is 1. The van der Waals surface area contributed by atoms with Crippen LogP contribution in [-0.4, -0.2) is 54.2 Å². The fourth-order valence-electron chi connectivity index (χ4n) is 5.53. The van der Waals surface area contributed by atoms with Gasteiger partial charge in [0.2, 0.25) is 0 Å². The summed E-state index contributed by atoms with van der Waals surface area (Å²) in [7, 11) is 3.67. The Balaban J connectivity index is 1.89. The highest BCUT2D eigenvalue weighted by molar-refractivity contribution is 5.99. The van der Waals surface area contributed by atoms with Gasteiger partial charge in [0.05, 0.1) is 12.5 Å². The monoisotopic (exact) mass is 327 g/mol. The molecule has 1 N–H and O–H groups in total. The molecule has 0 aromatic heterocycles. The first kappa shape index (κ1) is 14.5. The Morgan fingerprint density at radius 1 is 1.42 bits per heavy atom. The highest BCUT2D eigenvalue weighted by atomic mass is 16.5. The Labute approximate surface area is 140 Å². The zero-order chi connectivity index (χ0) is 16.7. The van der Waals surface area contributed by atoms with Gasteiger partial charge in [0.1, 0.15) is 5.60 Å². The molecule has 5 nitrogen and oxygen atoms in total. The molecule has 5 heteroatoms. The van der Waals surface area contributed by atoms with Crippen LogP contribution in [0.15, 0.2) is 24.3 Å². The molecule has 5 rings (SSSR count). The number of aliphatic hydroxyl groups is 1. The van der Waals surface area contributed by atoms with Gasteiger partial charge >= 0.3 is 0 Å². The number of carbonyl (C=O) groups excluding carboxylic acids is 1. The number of methoxy groups -OCH3 is 1. The summed E-state index contributed by atoms with van der Waals surface area (Å²) in [5.41, 5.74) is 0.367. The number of hydrogen-bond acceptors (Lipinski definition) is 5. The number of ketones is 1. The first-order valence-corrected chi connectivity index (χ1v) is 8.55. The van der Waals surface area contributed by atoms with E-state index in [1.54, 1.807) is 13.2 Å². The van der Waals surface area contributed by atoms with Crippen LogP contribution in [0.4, 0.5) is 0 Å². The second-order valence-corrected chi connectivity index (χ2v) is 7.47. The van der Waals surface area contributed by atoms with Crippen LogP contribution < -0.4 is 9.47 Å². The minimum Gasteiger partial charge on any atom is -0.493 e. The van der Waals surface area contributed by atoms with Crippen molar-refractivity contribution in [2.45, 2.75) is 42.4 Å². The predicted octanol–water partition coefficient (Wildman–Crippen LogP) is 1.21. The molecule has 2 unspecified atom stereocenters. The Kier molecular flexibility index (Phi) is 2.66. The first-order valence-electron chi connectivity index (χ1n) is 8.55. The molecule has 1 spiro atoms. The van der Waals surface area contributed by atoms with Gasteiger partial charge in [-0.2, -0.15) is 0 Å². The molecule has 24 heavy (non-hydrogen) atoms. The SMILES string of the molecule is COc1ccc2c3c1OC1C(=O)C=CC4(O)[C@@H](C2)N(C)CCC[C@]314. The Hall–Kier alpha value is -1.85. The molecule has 1 fully saturated rings. The smallest absolute Gasteiger partial charge is 0.196 e. The molecule has 1 aromatic carbocycles. The molecule has 0 radical (unpaired) electrons. The van der Waals surface area contributed by atoms with Gasteiger partial charge in [0, 0.05) is 11.6 Å². The lowest BCUT2D eigenvalue weighted by Crippen LogP contribution is -2.69. The van der Waals surface area contributed by atoms with Crippen LogP contribution in [0.2, 0.25) is 0 Å². The van der Waals surface area contributed by atoms with Gasteiger partial charge in [-0.1, -0.05) is 6.07 Å². The number of carbonyl (C=O) groups is 1. The Morgan fingerprint density at radius 3 is 3.04 bits per heavy atom. The highest BCUT2D eigenvalue weighted by Crippen LogP contribution is 2.63. The van der Waals surface area contributed by atoms with E-state index in [2.05, 4.69) is 18.0 Å². The third-order valence-corrected chi connectivity index (χ3v) is 6.57. The largest absolute Gasteiger partial charge is 0.493 e. The fourth-order valence-corrected chi connectivity index (χ4v) is 5.53. The molecule has 1 aromatic rings. The Morgan fingerprint density at radius 2 is 2.25 bits per heavy atom. The summed E-state index contributed by atoms with van der Waals surface area (Å²) < 4.78 is 11.6. The first-order chi connectivity index (χ1) is 11.5. The van der Waals surface area contributed by atoms with Crippen LogP contribution in [-0.2, 0) is 16.6 Å². The fraction of sp³-hybridized carbons (Fsp3) is 0.526. The lowest BCUT2D eigenvalue weighted by Gasteiger charge is -2.54. The van der Waals surface area contributed by atoms with Crippen molar-refractivity contribution in [1.82, 2.24) is 4.90 Å². The zero-order valence-corrected chi connectivity index (χ0v) is 13.9. The second kappa shape index (κ2) is 4.41. The maximum absolute atomic E-state index is 12.7. The van der Waals surface area contributed by atoms with E-state index >= 15 is 0 Å². The molecule has 2 heterocycles.